The predicted octanol–water partition coefficient (Wildman–Crippen LogP) is 0.949. The van der Waals surface area contributed by atoms with Gasteiger partial charge < -0.3 is 35.2 Å². The van der Waals surface area contributed by atoms with Crippen molar-refractivity contribution in [3.63, 3.8) is 0 Å². The molecule has 0 saturated carbocycles. The van der Waals surface area contributed by atoms with Crippen molar-refractivity contribution >= 4 is 33.7 Å². The Balaban J connectivity index is 1.73. The molecule has 1 saturated heterocycles. The van der Waals surface area contributed by atoms with Gasteiger partial charge >= 0.3 is 5.97 Å². The second-order valence-electron chi connectivity index (χ2n) is 9.84. The third-order valence-corrected chi connectivity index (χ3v) is 9.15. The maximum atomic E-state index is 12.9. The summed E-state index contributed by atoms with van der Waals surface area (Å²) in [5.41, 5.74) is 1.70. The van der Waals surface area contributed by atoms with Crippen molar-refractivity contribution in [2.75, 3.05) is 24.7 Å². The van der Waals surface area contributed by atoms with E-state index in [1.165, 1.54) is 12.1 Å². The topological polar surface area (TPSA) is 192 Å². The van der Waals surface area contributed by atoms with Crippen LogP contribution in [-0.4, -0.2) is 102 Å². The molecule has 1 amide bonds. The number of aliphatic carboxylic acids is 1. The highest BCUT2D eigenvalue weighted by Gasteiger charge is 2.55. The number of aliphatic hydroxyl groups excluding tert-OH is 3. The van der Waals surface area contributed by atoms with Gasteiger partial charge in [-0.1, -0.05) is 49.4 Å². The molecule has 1 heterocycles. The van der Waals surface area contributed by atoms with E-state index in [2.05, 4.69) is 10.0 Å². The van der Waals surface area contributed by atoms with Crippen LogP contribution in [0.1, 0.15) is 26.7 Å². The number of hydrogen-bond acceptors (Lipinski definition) is 10. The third-order valence-electron chi connectivity index (χ3n) is 6.73. The number of benzene rings is 2. The Morgan fingerprint density at radius 3 is 2.36 bits per heavy atom. The van der Waals surface area contributed by atoms with Gasteiger partial charge in [-0.15, -0.1) is 0 Å². The lowest BCUT2D eigenvalue weighted by molar-refractivity contribution is -0.310. The minimum absolute atomic E-state index is 0.0228. The molecule has 0 aromatic heterocycles. The highest BCUT2D eigenvalue weighted by Crippen LogP contribution is 2.34. The van der Waals surface area contributed by atoms with Gasteiger partial charge in [0.25, 0.3) is 5.79 Å². The zero-order chi connectivity index (χ0) is 30.9. The second kappa shape index (κ2) is 15.3. The molecule has 14 heteroatoms. The molecular formula is C28H38N2O10S2. The molecule has 0 radical (unpaired) electrons. The average molecular weight is 627 g/mol. The van der Waals surface area contributed by atoms with Crippen molar-refractivity contribution in [3.05, 3.63) is 54.6 Å². The molecule has 0 spiro atoms. The van der Waals surface area contributed by atoms with Crippen molar-refractivity contribution in [2.24, 2.45) is 0 Å². The van der Waals surface area contributed by atoms with Gasteiger partial charge in [0, 0.05) is 19.9 Å². The van der Waals surface area contributed by atoms with Crippen LogP contribution in [0.25, 0.3) is 11.1 Å². The molecule has 1 aliphatic rings. The summed E-state index contributed by atoms with van der Waals surface area (Å²) in [6.07, 6.45) is -7.01. The van der Waals surface area contributed by atoms with Crippen molar-refractivity contribution < 1.29 is 47.9 Å². The zero-order valence-electron chi connectivity index (χ0n) is 23.4. The summed E-state index contributed by atoms with van der Waals surface area (Å²) in [5.74, 6) is -2.96. The van der Waals surface area contributed by atoms with Crippen molar-refractivity contribution in [1.29, 1.82) is 0 Å². The standard InChI is InChI=1S/C28H38N2O10S2/c1-3-41-15-7-14-39-28(27(35)36)16-22(32)24(30-18(2)31)26(40-28)25(34)23(33)17-29-42(37,38)21-12-10-20(11-13-21)19-8-5-4-6-9-19/h4-6,8-13,22-26,29,32-34H,3,7,14-17H2,1-2H3,(H,30,31)(H,35,36)/t22?,23-,24-,25-,26?,28-/m1/s1. The van der Waals surface area contributed by atoms with Gasteiger partial charge in [0.1, 0.15) is 12.2 Å². The summed E-state index contributed by atoms with van der Waals surface area (Å²) in [5, 5.41) is 44.9. The lowest BCUT2D eigenvalue weighted by Gasteiger charge is -2.46. The minimum Gasteiger partial charge on any atom is -0.477 e. The van der Waals surface area contributed by atoms with Gasteiger partial charge in [-0.2, -0.15) is 11.8 Å². The number of rotatable bonds is 15. The van der Waals surface area contributed by atoms with Gasteiger partial charge in [0.2, 0.25) is 15.9 Å². The summed E-state index contributed by atoms with van der Waals surface area (Å²) in [4.78, 5) is 24.0. The van der Waals surface area contributed by atoms with E-state index in [0.717, 1.165) is 23.8 Å². The molecular weight excluding hydrogens is 588 g/mol. The zero-order valence-corrected chi connectivity index (χ0v) is 25.0. The molecule has 42 heavy (non-hydrogen) atoms. The number of amides is 1. The molecule has 2 aromatic rings. The lowest BCUT2D eigenvalue weighted by atomic mass is 9.88. The number of aliphatic hydroxyl groups is 3. The second-order valence-corrected chi connectivity index (χ2v) is 13.0. The van der Waals surface area contributed by atoms with Gasteiger partial charge in [-0.05, 0) is 41.2 Å². The van der Waals surface area contributed by atoms with Crippen LogP contribution in [0, 0.1) is 0 Å². The molecule has 232 valence electrons. The maximum Gasteiger partial charge on any atom is 0.364 e. The number of carbonyl (C=O) groups is 2. The van der Waals surface area contributed by atoms with Crippen molar-refractivity contribution in [1.82, 2.24) is 10.0 Å². The number of carboxylic acid groups (broad SMARTS) is 1. The fraction of sp³-hybridized carbons (Fsp3) is 0.500. The summed E-state index contributed by atoms with van der Waals surface area (Å²) in [6.45, 7) is 2.43. The van der Waals surface area contributed by atoms with Crippen LogP contribution < -0.4 is 10.0 Å². The molecule has 1 fully saturated rings. The monoisotopic (exact) mass is 626 g/mol. The van der Waals surface area contributed by atoms with E-state index in [0.29, 0.717) is 12.2 Å². The maximum absolute atomic E-state index is 12.9. The largest absolute Gasteiger partial charge is 0.477 e. The molecule has 12 nitrogen and oxygen atoms in total. The fourth-order valence-electron chi connectivity index (χ4n) is 4.57. The van der Waals surface area contributed by atoms with E-state index >= 15 is 0 Å². The van der Waals surface area contributed by atoms with Crippen molar-refractivity contribution in [2.45, 2.75) is 67.8 Å². The van der Waals surface area contributed by atoms with Crippen LogP contribution in [0.15, 0.2) is 59.5 Å². The molecule has 0 aliphatic carbocycles. The number of ether oxygens (including phenoxy) is 2. The van der Waals surface area contributed by atoms with Crippen LogP contribution in [0.5, 0.6) is 0 Å². The summed E-state index contributed by atoms with van der Waals surface area (Å²) < 4.78 is 39.3. The van der Waals surface area contributed by atoms with E-state index in [4.69, 9.17) is 9.47 Å². The third kappa shape index (κ3) is 8.74. The Labute approximate surface area is 249 Å². The minimum atomic E-state index is -4.12. The smallest absolute Gasteiger partial charge is 0.364 e. The van der Waals surface area contributed by atoms with E-state index in [9.17, 15) is 38.4 Å². The molecule has 6 atom stereocenters. The quantitative estimate of drug-likeness (QED) is 0.154. The van der Waals surface area contributed by atoms with Crippen LogP contribution in [0.4, 0.5) is 0 Å². The van der Waals surface area contributed by atoms with E-state index in [-0.39, 0.29) is 11.5 Å². The molecule has 1 aliphatic heterocycles. The molecule has 2 aromatic carbocycles. The highest BCUT2D eigenvalue weighted by molar-refractivity contribution is 7.99. The van der Waals surface area contributed by atoms with Gasteiger partial charge in [0.15, 0.2) is 0 Å². The first kappa shape index (κ1) is 33.9. The number of nitrogens with one attached hydrogen (secondary N) is 2. The first-order valence-corrected chi connectivity index (χ1v) is 16.1. The van der Waals surface area contributed by atoms with Crippen LogP contribution in [0.2, 0.25) is 0 Å². The van der Waals surface area contributed by atoms with E-state index in [1.807, 2.05) is 37.3 Å². The average Bonchev–Trinajstić information content (AvgIpc) is 2.97. The molecule has 6 N–H and O–H groups in total. The van der Waals surface area contributed by atoms with Crippen LogP contribution >= 0.6 is 11.8 Å². The Bertz CT molecular complexity index is 1280. The van der Waals surface area contributed by atoms with E-state index < -0.39 is 71.1 Å². The van der Waals surface area contributed by atoms with Gasteiger partial charge in [0.05, 0.1) is 29.8 Å². The first-order valence-electron chi connectivity index (χ1n) is 13.5. The van der Waals surface area contributed by atoms with Crippen molar-refractivity contribution in [3.8, 4) is 11.1 Å². The normalized spacial score (nSPS) is 24.1. The van der Waals surface area contributed by atoms with Crippen LogP contribution in [-0.2, 0) is 29.1 Å². The molecule has 3 rings (SSSR count). The highest BCUT2D eigenvalue weighted by atomic mass is 32.2. The summed E-state index contributed by atoms with van der Waals surface area (Å²) in [7, 11) is -4.12. The molecule has 0 bridgehead atoms. The van der Waals surface area contributed by atoms with Crippen LogP contribution in [0.3, 0.4) is 0 Å². The Kier molecular flexibility index (Phi) is 12.3. The number of sulfonamides is 1. The van der Waals surface area contributed by atoms with E-state index in [1.54, 1.807) is 23.9 Å². The SMILES string of the molecule is CCSCCCO[C@]1(C(=O)O)CC(O)[C@@H](NC(C)=O)C([C@H](O)[C@H](O)CNS(=O)(=O)c2ccc(-c3ccccc3)cc2)O1. The Morgan fingerprint density at radius 2 is 1.76 bits per heavy atom. The number of thioether (sulfide) groups is 1. The number of carboxylic acids is 1. The Morgan fingerprint density at radius 1 is 1.12 bits per heavy atom. The van der Waals surface area contributed by atoms with Gasteiger partial charge in [-0.25, -0.2) is 17.9 Å². The predicted molar refractivity (Wildman–Crippen MR) is 156 cm³/mol. The number of hydrogen-bond donors (Lipinski definition) is 6. The molecule has 2 unspecified atom stereocenters. The first-order chi connectivity index (χ1) is 19.9. The summed E-state index contributed by atoms with van der Waals surface area (Å²) in [6, 6.07) is 14.1. The fourth-order valence-corrected chi connectivity index (χ4v) is 6.23. The Hall–Kier alpha value is -2.56. The number of carbonyl (C=O) groups excluding carboxylic acids is 1. The van der Waals surface area contributed by atoms with Gasteiger partial charge in [-0.3, -0.25) is 4.79 Å². The lowest BCUT2D eigenvalue weighted by Crippen LogP contribution is -2.68. The summed E-state index contributed by atoms with van der Waals surface area (Å²) >= 11 is 1.63.